The SMILES string of the molecule is CC.Cn1cc(Nc2ncc(Cl)c(N)n2)cn1. The van der Waals surface area contributed by atoms with Crippen LogP contribution in [0.4, 0.5) is 17.5 Å². The van der Waals surface area contributed by atoms with Crippen LogP contribution in [-0.4, -0.2) is 19.7 Å². The Morgan fingerprint density at radius 2 is 2.06 bits per heavy atom. The summed E-state index contributed by atoms with van der Waals surface area (Å²) >= 11 is 5.69. The molecule has 0 saturated heterocycles. The van der Waals surface area contributed by atoms with Crippen LogP contribution in [-0.2, 0) is 7.05 Å². The number of aromatic nitrogens is 4. The zero-order valence-corrected chi connectivity index (χ0v) is 10.7. The fourth-order valence-electron chi connectivity index (χ4n) is 1.06. The maximum Gasteiger partial charge on any atom is 0.229 e. The van der Waals surface area contributed by atoms with Crippen molar-refractivity contribution in [3.8, 4) is 0 Å². The maximum atomic E-state index is 5.69. The number of anilines is 3. The maximum absolute atomic E-state index is 5.69. The number of nitrogens with two attached hydrogens (primary N) is 1. The summed E-state index contributed by atoms with van der Waals surface area (Å²) in [4.78, 5) is 7.94. The largest absolute Gasteiger partial charge is 0.382 e. The lowest BCUT2D eigenvalue weighted by molar-refractivity contribution is 0.768. The molecule has 2 heterocycles. The first kappa shape index (κ1) is 13.2. The standard InChI is InChI=1S/C8H9ClN6.C2H6/c1-15-4-5(2-12-15)13-8-11-3-6(9)7(10)14-8;1-2/h2-4H,1H3,(H3,10,11,13,14);1-2H3. The molecule has 3 N–H and O–H groups in total. The zero-order chi connectivity index (χ0) is 12.8. The summed E-state index contributed by atoms with van der Waals surface area (Å²) in [5.74, 6) is 0.642. The van der Waals surface area contributed by atoms with Gasteiger partial charge in [-0.05, 0) is 0 Å². The second kappa shape index (κ2) is 6.05. The van der Waals surface area contributed by atoms with E-state index in [0.717, 1.165) is 5.69 Å². The second-order valence-corrected chi connectivity index (χ2v) is 3.36. The number of hydrogen-bond acceptors (Lipinski definition) is 5. The van der Waals surface area contributed by atoms with E-state index in [1.54, 1.807) is 17.1 Å². The number of nitrogens with one attached hydrogen (secondary N) is 1. The monoisotopic (exact) mass is 254 g/mol. The average molecular weight is 255 g/mol. The highest BCUT2D eigenvalue weighted by Gasteiger charge is 2.02. The molecule has 0 aliphatic rings. The summed E-state index contributed by atoms with van der Waals surface area (Å²) in [5.41, 5.74) is 6.33. The number of aryl methyl sites for hydroxylation is 1. The first-order chi connectivity index (χ1) is 8.15. The van der Waals surface area contributed by atoms with Gasteiger partial charge < -0.3 is 11.1 Å². The van der Waals surface area contributed by atoms with Gasteiger partial charge >= 0.3 is 0 Å². The van der Waals surface area contributed by atoms with Crippen molar-refractivity contribution in [2.24, 2.45) is 7.05 Å². The molecule has 0 radical (unpaired) electrons. The van der Waals surface area contributed by atoms with E-state index in [4.69, 9.17) is 17.3 Å². The quantitative estimate of drug-likeness (QED) is 0.859. The lowest BCUT2D eigenvalue weighted by atomic mass is 10.5. The molecular weight excluding hydrogens is 240 g/mol. The van der Waals surface area contributed by atoms with Gasteiger partial charge in [-0.2, -0.15) is 10.1 Å². The fraction of sp³-hybridized carbons (Fsp3) is 0.300. The summed E-state index contributed by atoms with van der Waals surface area (Å²) in [5, 5.41) is 7.28. The van der Waals surface area contributed by atoms with Crippen LogP contribution in [0.1, 0.15) is 13.8 Å². The van der Waals surface area contributed by atoms with Crippen molar-refractivity contribution >= 4 is 29.1 Å². The molecule has 0 aliphatic carbocycles. The van der Waals surface area contributed by atoms with Crippen molar-refractivity contribution in [2.45, 2.75) is 13.8 Å². The van der Waals surface area contributed by atoms with Crippen molar-refractivity contribution in [3.05, 3.63) is 23.6 Å². The Bertz CT molecular complexity index is 481. The van der Waals surface area contributed by atoms with Crippen LogP contribution in [0.15, 0.2) is 18.6 Å². The van der Waals surface area contributed by atoms with E-state index in [9.17, 15) is 0 Å². The molecule has 0 aromatic carbocycles. The highest BCUT2D eigenvalue weighted by molar-refractivity contribution is 6.32. The summed E-state index contributed by atoms with van der Waals surface area (Å²) < 4.78 is 1.67. The van der Waals surface area contributed by atoms with Crippen molar-refractivity contribution in [1.82, 2.24) is 19.7 Å². The molecule has 7 heteroatoms. The Morgan fingerprint density at radius 1 is 1.35 bits per heavy atom. The third-order valence-electron chi connectivity index (χ3n) is 1.73. The molecule has 0 aliphatic heterocycles. The lowest BCUT2D eigenvalue weighted by Gasteiger charge is -2.02. The minimum Gasteiger partial charge on any atom is -0.382 e. The summed E-state index contributed by atoms with van der Waals surface area (Å²) in [6.07, 6.45) is 4.91. The smallest absolute Gasteiger partial charge is 0.229 e. The third kappa shape index (κ3) is 3.60. The average Bonchev–Trinajstić information content (AvgIpc) is 2.72. The molecular formula is C10H15ClN6. The molecule has 6 nitrogen and oxygen atoms in total. The van der Waals surface area contributed by atoms with Gasteiger partial charge in [0.2, 0.25) is 5.95 Å². The number of hydrogen-bond donors (Lipinski definition) is 2. The normalized spacial score (nSPS) is 9.41. The van der Waals surface area contributed by atoms with E-state index in [1.807, 2.05) is 20.9 Å². The van der Waals surface area contributed by atoms with E-state index in [0.29, 0.717) is 11.0 Å². The van der Waals surface area contributed by atoms with Crippen LogP contribution in [0, 0.1) is 0 Å². The van der Waals surface area contributed by atoms with Crippen molar-refractivity contribution in [3.63, 3.8) is 0 Å². The lowest BCUT2D eigenvalue weighted by Crippen LogP contribution is -1.99. The van der Waals surface area contributed by atoms with Gasteiger partial charge in [0, 0.05) is 13.2 Å². The Kier molecular flexibility index (Phi) is 4.71. The minimum absolute atomic E-state index is 0.248. The fourth-order valence-corrected chi connectivity index (χ4v) is 1.15. The van der Waals surface area contributed by atoms with E-state index < -0.39 is 0 Å². The minimum atomic E-state index is 0.248. The summed E-state index contributed by atoms with van der Waals surface area (Å²) in [6.45, 7) is 4.00. The molecule has 0 atom stereocenters. The van der Waals surface area contributed by atoms with Crippen LogP contribution >= 0.6 is 11.6 Å². The first-order valence-electron chi connectivity index (χ1n) is 5.19. The second-order valence-electron chi connectivity index (χ2n) is 2.95. The zero-order valence-electron chi connectivity index (χ0n) is 9.98. The summed E-state index contributed by atoms with van der Waals surface area (Å²) in [7, 11) is 1.82. The van der Waals surface area contributed by atoms with Gasteiger partial charge in [-0.3, -0.25) is 4.68 Å². The van der Waals surface area contributed by atoms with Crippen LogP contribution in [0.5, 0.6) is 0 Å². The highest BCUT2D eigenvalue weighted by Crippen LogP contribution is 2.17. The van der Waals surface area contributed by atoms with Crippen LogP contribution in [0.2, 0.25) is 5.02 Å². The Labute approximate surface area is 105 Å². The third-order valence-corrected chi connectivity index (χ3v) is 2.02. The van der Waals surface area contributed by atoms with E-state index >= 15 is 0 Å². The predicted octanol–water partition coefficient (Wildman–Crippen LogP) is 2.22. The van der Waals surface area contributed by atoms with E-state index in [1.165, 1.54) is 6.20 Å². The molecule has 2 aromatic rings. The molecule has 0 fully saturated rings. The molecule has 0 bridgehead atoms. The molecule has 0 unspecified atom stereocenters. The molecule has 2 aromatic heterocycles. The van der Waals surface area contributed by atoms with E-state index in [-0.39, 0.29) is 5.82 Å². The van der Waals surface area contributed by atoms with Crippen LogP contribution < -0.4 is 11.1 Å². The predicted molar refractivity (Wildman–Crippen MR) is 69.3 cm³/mol. The van der Waals surface area contributed by atoms with Gasteiger partial charge in [0.05, 0.1) is 18.1 Å². The van der Waals surface area contributed by atoms with Crippen LogP contribution in [0.3, 0.4) is 0 Å². The molecule has 0 spiro atoms. The molecule has 17 heavy (non-hydrogen) atoms. The molecule has 0 amide bonds. The Hall–Kier alpha value is -1.82. The molecule has 0 saturated carbocycles. The molecule has 92 valence electrons. The van der Waals surface area contributed by atoms with Gasteiger partial charge in [-0.15, -0.1) is 0 Å². The number of nitrogen functional groups attached to an aromatic ring is 1. The topological polar surface area (TPSA) is 81.7 Å². The summed E-state index contributed by atoms with van der Waals surface area (Å²) in [6, 6.07) is 0. The first-order valence-corrected chi connectivity index (χ1v) is 5.56. The number of nitrogens with zero attached hydrogens (tertiary/aromatic N) is 4. The van der Waals surface area contributed by atoms with Crippen molar-refractivity contribution in [2.75, 3.05) is 11.1 Å². The Balaban J connectivity index is 0.000000686. The van der Waals surface area contributed by atoms with Gasteiger partial charge in [0.1, 0.15) is 10.8 Å². The van der Waals surface area contributed by atoms with Crippen LogP contribution in [0.25, 0.3) is 0 Å². The van der Waals surface area contributed by atoms with Crippen molar-refractivity contribution in [1.29, 1.82) is 0 Å². The number of rotatable bonds is 2. The number of halogens is 1. The van der Waals surface area contributed by atoms with E-state index in [2.05, 4.69) is 20.4 Å². The van der Waals surface area contributed by atoms with Gasteiger partial charge in [-0.25, -0.2) is 4.98 Å². The van der Waals surface area contributed by atoms with Gasteiger partial charge in [-0.1, -0.05) is 25.4 Å². The Morgan fingerprint density at radius 3 is 2.59 bits per heavy atom. The van der Waals surface area contributed by atoms with Crippen molar-refractivity contribution < 1.29 is 0 Å². The molecule has 2 rings (SSSR count). The van der Waals surface area contributed by atoms with Gasteiger partial charge in [0.25, 0.3) is 0 Å². The highest BCUT2D eigenvalue weighted by atomic mass is 35.5. The van der Waals surface area contributed by atoms with Gasteiger partial charge in [0.15, 0.2) is 0 Å².